The summed E-state index contributed by atoms with van der Waals surface area (Å²) in [7, 11) is -10.1. The van der Waals surface area contributed by atoms with E-state index in [0.717, 1.165) is 0 Å². The third-order valence-electron chi connectivity index (χ3n) is 0.213. The van der Waals surface area contributed by atoms with E-state index in [1.54, 1.807) is 0 Å². The molecule has 64 valence electrons. The molecule has 2 radical (unpaired) electrons. The fourth-order valence-electron chi connectivity index (χ4n) is 0.139. The van der Waals surface area contributed by atoms with Gasteiger partial charge in [0.1, 0.15) is 0 Å². The van der Waals surface area contributed by atoms with Crippen LogP contribution in [0.5, 0.6) is 0 Å². The zero-order valence-corrected chi connectivity index (χ0v) is 14.1. The Morgan fingerprint density at radius 1 is 0.909 bits per heavy atom. The minimum absolute atomic E-state index is 0. The van der Waals surface area contributed by atoms with Crippen LogP contribution in [0.3, 0.4) is 0 Å². The maximum atomic E-state index is 9.63. The minimum atomic E-state index is -5.05. The molecule has 0 rings (SSSR count). The van der Waals surface area contributed by atoms with E-state index in [2.05, 4.69) is 4.31 Å². The molecular formula is H6O7P2SnZn. The molecule has 0 amide bonds. The largest absolute Gasteiger partial charge is 0 e. The minimum Gasteiger partial charge on any atom is 0 e. The van der Waals surface area contributed by atoms with Crippen LogP contribution in [0.15, 0.2) is 0 Å². The molecule has 0 fully saturated rings. The first-order chi connectivity index (χ1) is 3.71. The van der Waals surface area contributed by atoms with Crippen molar-refractivity contribution in [3.63, 3.8) is 0 Å². The molecule has 0 atom stereocenters. The molecule has 11 heavy (non-hydrogen) atoms. The molecule has 0 aromatic carbocycles. The molecule has 0 saturated carbocycles. The van der Waals surface area contributed by atoms with E-state index in [9.17, 15) is 9.13 Å². The van der Waals surface area contributed by atoms with Gasteiger partial charge in [-0.25, -0.2) is 9.13 Å². The molecule has 4 N–H and O–H groups in total. The van der Waals surface area contributed by atoms with Gasteiger partial charge in [0.15, 0.2) is 0 Å². The summed E-state index contributed by atoms with van der Waals surface area (Å²) < 4.78 is 22.2. The number of hydrogen-bond donors (Lipinski definition) is 4. The normalized spacial score (nSPS) is 11.3. The van der Waals surface area contributed by atoms with Crippen LogP contribution in [0.4, 0.5) is 0 Å². The van der Waals surface area contributed by atoms with Gasteiger partial charge < -0.3 is 19.6 Å². The third kappa shape index (κ3) is 18.6. The van der Waals surface area contributed by atoms with Crippen LogP contribution in [0.2, 0.25) is 0 Å². The van der Waals surface area contributed by atoms with Gasteiger partial charge in [-0.05, 0) is 0 Å². The summed E-state index contributed by atoms with van der Waals surface area (Å²) >= 11 is 0. The molecule has 0 aliphatic heterocycles. The maximum Gasteiger partial charge on any atom is 0 e. The van der Waals surface area contributed by atoms with Crippen LogP contribution < -0.4 is 0 Å². The number of hydrogen-bond acceptors (Lipinski definition) is 3. The van der Waals surface area contributed by atoms with Crippen LogP contribution in [-0.4, -0.2) is 43.5 Å². The second-order valence-electron chi connectivity index (χ2n) is 1.06. The Labute approximate surface area is 91.7 Å². The van der Waals surface area contributed by atoms with E-state index in [4.69, 9.17) is 19.6 Å². The fraction of sp³-hybridized carbons (Fsp3) is 0. The Bertz CT molecular complexity index is 157. The van der Waals surface area contributed by atoms with Crippen LogP contribution in [0.25, 0.3) is 0 Å². The molecule has 0 heterocycles. The Balaban J connectivity index is -0.000000320. The van der Waals surface area contributed by atoms with Crippen molar-refractivity contribution in [1.29, 1.82) is 0 Å². The molecule has 0 aromatic heterocycles. The molecular weight excluding hydrogens is 358 g/mol. The van der Waals surface area contributed by atoms with Crippen molar-refractivity contribution < 1.29 is 52.5 Å². The molecule has 0 unspecified atom stereocenters. The van der Waals surface area contributed by atoms with Crippen molar-refractivity contribution in [3.8, 4) is 0 Å². The van der Waals surface area contributed by atoms with Crippen LogP contribution >= 0.6 is 15.6 Å². The Kier molecular flexibility index (Phi) is 10.4. The van der Waals surface area contributed by atoms with Gasteiger partial charge in [-0.1, -0.05) is 0 Å². The van der Waals surface area contributed by atoms with Crippen LogP contribution in [0, 0.1) is 0 Å². The molecule has 0 aromatic rings. The Morgan fingerprint density at radius 3 is 1.09 bits per heavy atom. The summed E-state index contributed by atoms with van der Waals surface area (Å²) in [6, 6.07) is 0. The van der Waals surface area contributed by atoms with E-state index < -0.39 is 15.6 Å². The van der Waals surface area contributed by atoms with E-state index in [-0.39, 0.29) is 43.4 Å². The molecule has 0 spiro atoms. The summed E-state index contributed by atoms with van der Waals surface area (Å²) in [6.45, 7) is 0. The van der Waals surface area contributed by atoms with Crippen molar-refractivity contribution in [2.75, 3.05) is 0 Å². The number of phosphoric acid groups is 2. The molecule has 7 nitrogen and oxygen atoms in total. The summed E-state index contributed by atoms with van der Waals surface area (Å²) in [5.74, 6) is 0. The molecule has 0 aliphatic carbocycles. The molecule has 0 aliphatic rings. The van der Waals surface area contributed by atoms with Crippen molar-refractivity contribution >= 4 is 39.6 Å². The maximum absolute atomic E-state index is 9.63. The second-order valence-corrected chi connectivity index (χ2v) is 3.68. The monoisotopic (exact) mass is 364 g/mol. The SMILES string of the molecule is O=P(O)(O)OP(=O)(O)O.[SnH2].[Zn]. The first kappa shape index (κ1) is 18.5. The first-order valence-electron chi connectivity index (χ1n) is 1.53. The average molecular weight is 364 g/mol. The van der Waals surface area contributed by atoms with Crippen LogP contribution in [0.1, 0.15) is 0 Å². The van der Waals surface area contributed by atoms with Gasteiger partial charge in [0.25, 0.3) is 0 Å². The Hall–Kier alpha value is 1.68. The average Bonchev–Trinajstić information content (AvgIpc) is 1.14. The van der Waals surface area contributed by atoms with E-state index >= 15 is 0 Å². The van der Waals surface area contributed by atoms with Crippen molar-refractivity contribution in [2.45, 2.75) is 0 Å². The van der Waals surface area contributed by atoms with Crippen molar-refractivity contribution in [3.05, 3.63) is 0 Å². The van der Waals surface area contributed by atoms with Gasteiger partial charge >= 0.3 is 39.6 Å². The quantitative estimate of drug-likeness (QED) is 0.339. The van der Waals surface area contributed by atoms with Gasteiger partial charge in [0.05, 0.1) is 0 Å². The third-order valence-corrected chi connectivity index (χ3v) is 1.91. The molecule has 11 heteroatoms. The summed E-state index contributed by atoms with van der Waals surface area (Å²) in [4.78, 5) is 31.0. The smallest absolute Gasteiger partial charge is 0 e. The predicted molar refractivity (Wildman–Crippen MR) is 33.7 cm³/mol. The summed E-state index contributed by atoms with van der Waals surface area (Å²) in [5.41, 5.74) is 0. The molecule has 0 bridgehead atoms. The van der Waals surface area contributed by atoms with Crippen molar-refractivity contribution in [2.24, 2.45) is 0 Å². The number of rotatable bonds is 2. The molecule has 0 saturated heterocycles. The fourth-order valence-corrected chi connectivity index (χ4v) is 1.25. The summed E-state index contributed by atoms with van der Waals surface area (Å²) in [6.07, 6.45) is 0. The van der Waals surface area contributed by atoms with Gasteiger partial charge in [0.2, 0.25) is 0 Å². The van der Waals surface area contributed by atoms with Crippen LogP contribution in [-0.2, 0) is 32.9 Å². The zero-order chi connectivity index (χ0) is 7.71. The van der Waals surface area contributed by atoms with Gasteiger partial charge in [-0.3, -0.25) is 0 Å². The summed E-state index contributed by atoms with van der Waals surface area (Å²) in [5, 5.41) is 0. The van der Waals surface area contributed by atoms with E-state index in [0.29, 0.717) is 0 Å². The predicted octanol–water partition coefficient (Wildman–Crippen LogP) is -1.73. The first-order valence-corrected chi connectivity index (χ1v) is 4.59. The second kappa shape index (κ2) is 6.18. The van der Waals surface area contributed by atoms with Gasteiger partial charge in [-0.2, -0.15) is 4.31 Å². The standard InChI is InChI=1S/H4O7P2.Sn.Zn.2H/c1-8(2,3)7-9(4,5)6;;;;/h(H2,1,2,3)(H2,4,5,6);;;;. The van der Waals surface area contributed by atoms with Gasteiger partial charge in [0, 0.05) is 19.5 Å². The zero-order valence-electron chi connectivity index (χ0n) is 5.32. The van der Waals surface area contributed by atoms with Crippen molar-refractivity contribution in [1.82, 2.24) is 0 Å². The van der Waals surface area contributed by atoms with Gasteiger partial charge in [-0.15, -0.1) is 0 Å². The van der Waals surface area contributed by atoms with E-state index in [1.807, 2.05) is 0 Å². The van der Waals surface area contributed by atoms with E-state index in [1.165, 1.54) is 0 Å². The Morgan fingerprint density at radius 2 is 1.09 bits per heavy atom. The topological polar surface area (TPSA) is 124 Å².